The Bertz CT molecular complexity index is 464. The zero-order chi connectivity index (χ0) is 11.5. The van der Waals surface area contributed by atoms with Crippen LogP contribution in [-0.2, 0) is 0 Å². The Labute approximate surface area is 98.6 Å². The molecule has 0 aliphatic heterocycles. The molecule has 1 unspecified atom stereocenters. The van der Waals surface area contributed by atoms with Gasteiger partial charge in [-0.1, -0.05) is 6.92 Å². The first-order valence-electron chi connectivity index (χ1n) is 5.15. The smallest absolute Gasteiger partial charge is 0.115 e. The summed E-state index contributed by atoms with van der Waals surface area (Å²) in [5.41, 5.74) is 7.57. The molecule has 3 N–H and O–H groups in total. The first-order valence-corrected chi connectivity index (χ1v) is 6.03. The van der Waals surface area contributed by atoms with Gasteiger partial charge in [0, 0.05) is 23.4 Å². The number of hydrogen-bond donors (Lipinski definition) is 2. The van der Waals surface area contributed by atoms with Crippen molar-refractivity contribution < 1.29 is 5.11 Å². The fraction of sp³-hybridized carbons (Fsp3) is 0.250. The van der Waals surface area contributed by atoms with Crippen molar-refractivity contribution in [2.45, 2.75) is 12.8 Å². The van der Waals surface area contributed by atoms with Crippen LogP contribution in [0.15, 0.2) is 29.6 Å². The molecule has 3 nitrogen and oxygen atoms in total. The van der Waals surface area contributed by atoms with Crippen molar-refractivity contribution in [1.82, 2.24) is 4.98 Å². The number of benzene rings is 1. The molecule has 1 aromatic carbocycles. The number of rotatable bonds is 3. The van der Waals surface area contributed by atoms with E-state index in [1.807, 2.05) is 17.5 Å². The number of thiazole rings is 1. The standard InChI is InChI=1S/C12H14N2OS/c1-8(6-13)12-14-11(7-16-12)9-2-4-10(15)5-3-9/h2-5,7-8,15H,6,13H2,1H3. The van der Waals surface area contributed by atoms with Gasteiger partial charge >= 0.3 is 0 Å². The maximum Gasteiger partial charge on any atom is 0.115 e. The van der Waals surface area contributed by atoms with Gasteiger partial charge in [-0.05, 0) is 24.3 Å². The summed E-state index contributed by atoms with van der Waals surface area (Å²) in [6, 6.07) is 7.06. The molecule has 0 saturated carbocycles. The van der Waals surface area contributed by atoms with Crippen molar-refractivity contribution in [2.24, 2.45) is 5.73 Å². The van der Waals surface area contributed by atoms with Crippen LogP contribution in [-0.4, -0.2) is 16.6 Å². The quantitative estimate of drug-likeness (QED) is 0.858. The van der Waals surface area contributed by atoms with Crippen LogP contribution in [0, 0.1) is 0 Å². The largest absolute Gasteiger partial charge is 0.508 e. The van der Waals surface area contributed by atoms with Crippen LogP contribution >= 0.6 is 11.3 Å². The van der Waals surface area contributed by atoms with E-state index in [9.17, 15) is 5.11 Å². The minimum absolute atomic E-state index is 0.273. The lowest BCUT2D eigenvalue weighted by atomic mass is 10.1. The molecule has 0 bridgehead atoms. The van der Waals surface area contributed by atoms with Crippen LogP contribution in [0.4, 0.5) is 0 Å². The van der Waals surface area contributed by atoms with Crippen molar-refractivity contribution in [2.75, 3.05) is 6.54 Å². The Morgan fingerprint density at radius 1 is 1.38 bits per heavy atom. The summed E-state index contributed by atoms with van der Waals surface area (Å²) in [5, 5.41) is 12.3. The lowest BCUT2D eigenvalue weighted by Crippen LogP contribution is -2.08. The fourth-order valence-corrected chi connectivity index (χ4v) is 2.28. The van der Waals surface area contributed by atoms with Crippen molar-refractivity contribution in [3.63, 3.8) is 0 Å². The zero-order valence-electron chi connectivity index (χ0n) is 9.05. The Balaban J connectivity index is 2.28. The molecule has 0 amide bonds. The van der Waals surface area contributed by atoms with Gasteiger partial charge in [-0.15, -0.1) is 11.3 Å². The molecule has 16 heavy (non-hydrogen) atoms. The molecule has 0 saturated heterocycles. The Hall–Kier alpha value is -1.39. The minimum Gasteiger partial charge on any atom is -0.508 e. The van der Waals surface area contributed by atoms with Crippen LogP contribution in [0.5, 0.6) is 5.75 Å². The molecule has 84 valence electrons. The lowest BCUT2D eigenvalue weighted by molar-refractivity contribution is 0.475. The Kier molecular flexibility index (Phi) is 3.22. The summed E-state index contributed by atoms with van der Waals surface area (Å²) in [5.74, 6) is 0.574. The topological polar surface area (TPSA) is 59.1 Å². The van der Waals surface area contributed by atoms with E-state index in [2.05, 4.69) is 11.9 Å². The summed E-state index contributed by atoms with van der Waals surface area (Å²) in [6.45, 7) is 2.68. The maximum absolute atomic E-state index is 9.20. The number of phenols is 1. The fourth-order valence-electron chi connectivity index (χ4n) is 1.38. The van der Waals surface area contributed by atoms with Crippen LogP contribution in [0.1, 0.15) is 17.8 Å². The number of nitrogens with zero attached hydrogens (tertiary/aromatic N) is 1. The molecule has 0 spiro atoms. The predicted octanol–water partition coefficient (Wildman–Crippen LogP) is 2.58. The first kappa shape index (κ1) is 11.1. The van der Waals surface area contributed by atoms with Crippen molar-refractivity contribution in [1.29, 1.82) is 0 Å². The van der Waals surface area contributed by atoms with Crippen molar-refractivity contribution >= 4 is 11.3 Å². The van der Waals surface area contributed by atoms with E-state index in [0.29, 0.717) is 12.5 Å². The van der Waals surface area contributed by atoms with Gasteiger partial charge < -0.3 is 10.8 Å². The molecule has 1 heterocycles. The van der Waals surface area contributed by atoms with E-state index in [4.69, 9.17) is 5.73 Å². The lowest BCUT2D eigenvalue weighted by Gasteiger charge is -2.02. The second kappa shape index (κ2) is 4.63. The number of phenolic OH excluding ortho intramolecular Hbond substituents is 1. The summed E-state index contributed by atoms with van der Waals surface area (Å²) < 4.78 is 0. The highest BCUT2D eigenvalue weighted by Gasteiger charge is 2.09. The Morgan fingerprint density at radius 3 is 2.69 bits per heavy atom. The van der Waals surface area contributed by atoms with E-state index >= 15 is 0 Å². The van der Waals surface area contributed by atoms with Gasteiger partial charge in [-0.25, -0.2) is 4.98 Å². The maximum atomic E-state index is 9.20. The third-order valence-corrected chi connectivity index (χ3v) is 3.54. The van der Waals surface area contributed by atoms with Crippen molar-refractivity contribution in [3.8, 4) is 17.0 Å². The molecule has 1 aromatic heterocycles. The van der Waals surface area contributed by atoms with Gasteiger partial charge in [0.25, 0.3) is 0 Å². The predicted molar refractivity (Wildman–Crippen MR) is 66.7 cm³/mol. The van der Waals surface area contributed by atoms with Gasteiger partial charge in [0.05, 0.1) is 10.7 Å². The van der Waals surface area contributed by atoms with Crippen LogP contribution in [0.3, 0.4) is 0 Å². The molecular formula is C12H14N2OS. The molecule has 0 aliphatic rings. The van der Waals surface area contributed by atoms with Crippen molar-refractivity contribution in [3.05, 3.63) is 34.7 Å². The highest BCUT2D eigenvalue weighted by molar-refractivity contribution is 7.10. The van der Waals surface area contributed by atoms with Crippen LogP contribution < -0.4 is 5.73 Å². The highest BCUT2D eigenvalue weighted by Crippen LogP contribution is 2.26. The van der Waals surface area contributed by atoms with Crippen LogP contribution in [0.25, 0.3) is 11.3 Å². The third kappa shape index (κ3) is 2.23. The average Bonchev–Trinajstić information content (AvgIpc) is 2.78. The second-order valence-electron chi connectivity index (χ2n) is 3.75. The normalized spacial score (nSPS) is 12.6. The van der Waals surface area contributed by atoms with Gasteiger partial charge in [0.1, 0.15) is 5.75 Å². The molecular weight excluding hydrogens is 220 g/mol. The van der Waals surface area contributed by atoms with E-state index in [1.165, 1.54) is 0 Å². The molecule has 2 rings (SSSR count). The van der Waals surface area contributed by atoms with E-state index in [-0.39, 0.29) is 5.75 Å². The van der Waals surface area contributed by atoms with Gasteiger partial charge in [-0.2, -0.15) is 0 Å². The van der Waals surface area contributed by atoms with E-state index in [1.54, 1.807) is 23.5 Å². The monoisotopic (exact) mass is 234 g/mol. The summed E-state index contributed by atoms with van der Waals surface area (Å²) in [7, 11) is 0. The number of hydrogen-bond acceptors (Lipinski definition) is 4. The summed E-state index contributed by atoms with van der Waals surface area (Å²) in [4.78, 5) is 4.54. The third-order valence-electron chi connectivity index (χ3n) is 2.46. The molecule has 1 atom stereocenters. The molecule has 4 heteroatoms. The minimum atomic E-state index is 0.273. The van der Waals surface area contributed by atoms with Gasteiger partial charge in [0.2, 0.25) is 0 Å². The highest BCUT2D eigenvalue weighted by atomic mass is 32.1. The SMILES string of the molecule is CC(CN)c1nc(-c2ccc(O)cc2)cs1. The van der Waals surface area contributed by atoms with Crippen LogP contribution in [0.2, 0.25) is 0 Å². The van der Waals surface area contributed by atoms with Gasteiger partial charge in [0.15, 0.2) is 0 Å². The molecule has 0 radical (unpaired) electrons. The molecule has 0 fully saturated rings. The number of aromatic hydroxyl groups is 1. The summed E-state index contributed by atoms with van der Waals surface area (Å²) in [6.07, 6.45) is 0. The van der Waals surface area contributed by atoms with E-state index < -0.39 is 0 Å². The summed E-state index contributed by atoms with van der Waals surface area (Å²) >= 11 is 1.63. The molecule has 2 aromatic rings. The molecule has 0 aliphatic carbocycles. The van der Waals surface area contributed by atoms with E-state index in [0.717, 1.165) is 16.3 Å². The number of nitrogens with two attached hydrogens (primary N) is 1. The number of aromatic nitrogens is 1. The first-order chi connectivity index (χ1) is 7.70. The second-order valence-corrected chi connectivity index (χ2v) is 4.64. The average molecular weight is 234 g/mol. The van der Waals surface area contributed by atoms with Gasteiger partial charge in [-0.3, -0.25) is 0 Å². The Morgan fingerprint density at radius 2 is 2.06 bits per heavy atom. The zero-order valence-corrected chi connectivity index (χ0v) is 9.87.